The zero-order chi connectivity index (χ0) is 10.6. The third-order valence-corrected chi connectivity index (χ3v) is 2.99. The Kier molecular flexibility index (Phi) is 4.03. The predicted octanol–water partition coefficient (Wildman–Crippen LogP) is 0.676. The van der Waals surface area contributed by atoms with Crippen molar-refractivity contribution in [2.24, 2.45) is 0 Å². The van der Waals surface area contributed by atoms with Gasteiger partial charge in [0.15, 0.2) is 0 Å². The molecular formula is C9H15N3OS. The minimum Gasteiger partial charge on any atom is -0.358 e. The smallest absolute Gasteiger partial charge is 0.236 e. The number of hydrogen-bond acceptors (Lipinski definition) is 4. The first-order valence-corrected chi connectivity index (χ1v) is 5.37. The van der Waals surface area contributed by atoms with Crippen LogP contribution < -0.4 is 10.6 Å². The zero-order valence-corrected chi connectivity index (χ0v) is 9.44. The summed E-state index contributed by atoms with van der Waals surface area (Å²) in [6.45, 7) is 4.51. The van der Waals surface area contributed by atoms with Crippen molar-refractivity contribution in [1.82, 2.24) is 15.6 Å². The molecule has 0 spiro atoms. The van der Waals surface area contributed by atoms with Crippen molar-refractivity contribution in [3.63, 3.8) is 0 Å². The SMILES string of the molecule is CNC(=O)[C@@H](C)NCc1scnc1C. The lowest BCUT2D eigenvalue weighted by Gasteiger charge is -2.11. The molecule has 1 aromatic rings. The molecule has 1 aromatic heterocycles. The number of likely N-dealkylation sites (N-methyl/N-ethyl adjacent to an activating group) is 1. The Morgan fingerprint density at radius 3 is 2.93 bits per heavy atom. The highest BCUT2D eigenvalue weighted by Gasteiger charge is 2.10. The summed E-state index contributed by atoms with van der Waals surface area (Å²) in [4.78, 5) is 16.5. The van der Waals surface area contributed by atoms with Crippen molar-refractivity contribution >= 4 is 17.2 Å². The average molecular weight is 213 g/mol. The molecule has 0 saturated heterocycles. The highest BCUT2D eigenvalue weighted by Crippen LogP contribution is 2.11. The maximum Gasteiger partial charge on any atom is 0.236 e. The molecule has 0 aliphatic carbocycles. The van der Waals surface area contributed by atoms with Crippen LogP contribution >= 0.6 is 11.3 Å². The lowest BCUT2D eigenvalue weighted by atomic mass is 10.3. The van der Waals surface area contributed by atoms with Crippen LogP contribution in [0.2, 0.25) is 0 Å². The molecule has 1 amide bonds. The van der Waals surface area contributed by atoms with E-state index in [4.69, 9.17) is 0 Å². The number of nitrogens with zero attached hydrogens (tertiary/aromatic N) is 1. The Bertz CT molecular complexity index is 311. The number of carbonyl (C=O) groups excluding carboxylic acids is 1. The van der Waals surface area contributed by atoms with E-state index in [-0.39, 0.29) is 11.9 Å². The summed E-state index contributed by atoms with van der Waals surface area (Å²) in [5.74, 6) is 0.00664. The molecule has 2 N–H and O–H groups in total. The standard InChI is InChI=1S/C9H15N3OS/c1-6-8(14-5-12-6)4-11-7(2)9(13)10-3/h5,7,11H,4H2,1-3H3,(H,10,13)/t7-/m1/s1. The van der Waals surface area contributed by atoms with Gasteiger partial charge in [0, 0.05) is 18.5 Å². The van der Waals surface area contributed by atoms with Crippen LogP contribution in [0.25, 0.3) is 0 Å². The summed E-state index contributed by atoms with van der Waals surface area (Å²) in [7, 11) is 1.64. The van der Waals surface area contributed by atoms with Crippen molar-refractivity contribution in [2.75, 3.05) is 7.05 Å². The van der Waals surface area contributed by atoms with E-state index in [9.17, 15) is 4.79 Å². The van der Waals surface area contributed by atoms with Gasteiger partial charge in [-0.25, -0.2) is 4.98 Å². The first-order valence-electron chi connectivity index (χ1n) is 4.49. The van der Waals surface area contributed by atoms with Crippen molar-refractivity contribution in [3.8, 4) is 0 Å². The van der Waals surface area contributed by atoms with E-state index in [0.29, 0.717) is 6.54 Å². The van der Waals surface area contributed by atoms with Crippen LogP contribution in [0, 0.1) is 6.92 Å². The van der Waals surface area contributed by atoms with E-state index in [1.54, 1.807) is 18.4 Å². The summed E-state index contributed by atoms with van der Waals surface area (Å²) < 4.78 is 0. The van der Waals surface area contributed by atoms with Crippen molar-refractivity contribution in [2.45, 2.75) is 26.4 Å². The Morgan fingerprint density at radius 2 is 2.43 bits per heavy atom. The first-order chi connectivity index (χ1) is 6.65. The maximum absolute atomic E-state index is 11.2. The van der Waals surface area contributed by atoms with Crippen molar-refractivity contribution in [3.05, 3.63) is 16.1 Å². The number of hydrogen-bond donors (Lipinski definition) is 2. The topological polar surface area (TPSA) is 54.0 Å². The fourth-order valence-corrected chi connectivity index (χ4v) is 1.78. The van der Waals surface area contributed by atoms with Crippen LogP contribution in [0.3, 0.4) is 0 Å². The van der Waals surface area contributed by atoms with E-state index in [0.717, 1.165) is 5.69 Å². The van der Waals surface area contributed by atoms with Crippen LogP contribution in [0.1, 0.15) is 17.5 Å². The van der Waals surface area contributed by atoms with Gasteiger partial charge in [0.1, 0.15) is 0 Å². The van der Waals surface area contributed by atoms with Crippen LogP contribution in [0.5, 0.6) is 0 Å². The average Bonchev–Trinajstić information content (AvgIpc) is 2.59. The predicted molar refractivity (Wildman–Crippen MR) is 57.2 cm³/mol. The second-order valence-electron chi connectivity index (χ2n) is 3.08. The third kappa shape index (κ3) is 2.78. The maximum atomic E-state index is 11.2. The zero-order valence-electron chi connectivity index (χ0n) is 8.63. The molecule has 0 unspecified atom stereocenters. The molecule has 4 nitrogen and oxygen atoms in total. The largest absolute Gasteiger partial charge is 0.358 e. The fourth-order valence-electron chi connectivity index (χ4n) is 1.05. The Labute approximate surface area is 87.7 Å². The van der Waals surface area contributed by atoms with Gasteiger partial charge in [-0.2, -0.15) is 0 Å². The number of rotatable bonds is 4. The summed E-state index contributed by atoms with van der Waals surface area (Å²) >= 11 is 1.61. The third-order valence-electron chi connectivity index (χ3n) is 2.05. The lowest BCUT2D eigenvalue weighted by Crippen LogP contribution is -2.40. The van der Waals surface area contributed by atoms with Gasteiger partial charge in [-0.05, 0) is 13.8 Å². The molecule has 14 heavy (non-hydrogen) atoms. The van der Waals surface area contributed by atoms with E-state index in [1.807, 2.05) is 19.4 Å². The monoisotopic (exact) mass is 213 g/mol. The van der Waals surface area contributed by atoms with Gasteiger partial charge in [0.05, 0.1) is 17.2 Å². The highest BCUT2D eigenvalue weighted by molar-refractivity contribution is 7.09. The van der Waals surface area contributed by atoms with Crippen LogP contribution in [-0.2, 0) is 11.3 Å². The number of aryl methyl sites for hydroxylation is 1. The molecule has 0 saturated carbocycles. The summed E-state index contributed by atoms with van der Waals surface area (Å²) in [6.07, 6.45) is 0. The Balaban J connectivity index is 2.41. The van der Waals surface area contributed by atoms with E-state index >= 15 is 0 Å². The molecule has 0 radical (unpaired) electrons. The van der Waals surface area contributed by atoms with Crippen LogP contribution in [0.4, 0.5) is 0 Å². The van der Waals surface area contributed by atoms with Gasteiger partial charge in [0.25, 0.3) is 0 Å². The lowest BCUT2D eigenvalue weighted by molar-refractivity contribution is -0.122. The van der Waals surface area contributed by atoms with Gasteiger partial charge in [-0.3, -0.25) is 4.79 Å². The molecule has 0 aromatic carbocycles. The summed E-state index contributed by atoms with van der Waals surface area (Å²) in [6, 6.07) is -0.165. The molecule has 5 heteroatoms. The van der Waals surface area contributed by atoms with E-state index < -0.39 is 0 Å². The number of carbonyl (C=O) groups is 1. The van der Waals surface area contributed by atoms with Crippen LogP contribution in [0.15, 0.2) is 5.51 Å². The number of amides is 1. The minimum atomic E-state index is -0.165. The van der Waals surface area contributed by atoms with Gasteiger partial charge in [-0.1, -0.05) is 0 Å². The molecule has 1 atom stereocenters. The van der Waals surface area contributed by atoms with Gasteiger partial charge < -0.3 is 10.6 Å². The molecule has 1 rings (SSSR count). The number of thiazole rings is 1. The first kappa shape index (κ1) is 11.1. The molecular weight excluding hydrogens is 198 g/mol. The van der Waals surface area contributed by atoms with E-state index in [1.165, 1.54) is 4.88 Å². The summed E-state index contributed by atoms with van der Waals surface area (Å²) in [5, 5.41) is 5.73. The van der Waals surface area contributed by atoms with Gasteiger partial charge in [-0.15, -0.1) is 11.3 Å². The molecule has 78 valence electrons. The highest BCUT2D eigenvalue weighted by atomic mass is 32.1. The number of aromatic nitrogens is 1. The van der Waals surface area contributed by atoms with Gasteiger partial charge in [0.2, 0.25) is 5.91 Å². The molecule has 0 aliphatic heterocycles. The summed E-state index contributed by atoms with van der Waals surface area (Å²) in [5.41, 5.74) is 2.85. The Hall–Kier alpha value is -0.940. The normalized spacial score (nSPS) is 12.5. The fraction of sp³-hybridized carbons (Fsp3) is 0.556. The van der Waals surface area contributed by atoms with Crippen molar-refractivity contribution < 1.29 is 4.79 Å². The second-order valence-corrected chi connectivity index (χ2v) is 4.02. The Morgan fingerprint density at radius 1 is 1.71 bits per heavy atom. The second kappa shape index (κ2) is 5.07. The van der Waals surface area contributed by atoms with Crippen LogP contribution in [-0.4, -0.2) is 24.0 Å². The molecule has 0 aliphatic rings. The van der Waals surface area contributed by atoms with Gasteiger partial charge >= 0.3 is 0 Å². The van der Waals surface area contributed by atoms with Crippen molar-refractivity contribution in [1.29, 1.82) is 0 Å². The number of nitrogens with one attached hydrogen (secondary N) is 2. The molecule has 0 fully saturated rings. The molecule has 0 bridgehead atoms. The van der Waals surface area contributed by atoms with E-state index in [2.05, 4.69) is 15.6 Å². The quantitative estimate of drug-likeness (QED) is 0.773. The minimum absolute atomic E-state index is 0.00664. The molecule has 1 heterocycles.